The van der Waals surface area contributed by atoms with Crippen molar-refractivity contribution >= 4 is 17.4 Å². The van der Waals surface area contributed by atoms with Crippen LogP contribution in [0.4, 0.5) is 4.39 Å². The van der Waals surface area contributed by atoms with Crippen LogP contribution in [0.5, 0.6) is 5.75 Å². The molecule has 0 aliphatic carbocycles. The summed E-state index contributed by atoms with van der Waals surface area (Å²) >= 11 is 0. The Morgan fingerprint density at radius 2 is 1.91 bits per heavy atom. The number of likely N-dealkylation sites (N-methyl/N-ethyl adjacent to an activating group) is 1. The molecule has 1 saturated heterocycles. The number of aliphatic hydroxyl groups excluding tert-OH is 1. The van der Waals surface area contributed by atoms with Crippen LogP contribution >= 0.6 is 0 Å². The Kier molecular flexibility index (Phi) is 8.23. The molecular formula is C27H31FN2O4. The summed E-state index contributed by atoms with van der Waals surface area (Å²) in [5.41, 5.74) is 1.15. The van der Waals surface area contributed by atoms with Crippen molar-refractivity contribution < 1.29 is 23.8 Å². The second-order valence-electron chi connectivity index (χ2n) is 8.12. The molecule has 1 amide bonds. The van der Waals surface area contributed by atoms with Gasteiger partial charge in [-0.2, -0.15) is 0 Å². The van der Waals surface area contributed by atoms with Gasteiger partial charge in [0, 0.05) is 24.2 Å². The molecular weight excluding hydrogens is 435 g/mol. The first-order chi connectivity index (χ1) is 16.3. The number of likely N-dealkylation sites (tertiary alicyclic amines) is 1. The molecule has 1 N–H and O–H groups in total. The summed E-state index contributed by atoms with van der Waals surface area (Å²) in [6.07, 6.45) is 1.63. The number of aliphatic hydroxyl groups is 1. The van der Waals surface area contributed by atoms with Crippen molar-refractivity contribution in [3.63, 3.8) is 0 Å². The lowest BCUT2D eigenvalue weighted by atomic mass is 9.94. The van der Waals surface area contributed by atoms with Crippen molar-refractivity contribution in [3.05, 3.63) is 83.2 Å². The van der Waals surface area contributed by atoms with Crippen LogP contribution in [-0.4, -0.2) is 59.4 Å². The van der Waals surface area contributed by atoms with Gasteiger partial charge in [-0.3, -0.25) is 9.59 Å². The number of ketones is 1. The number of hydrogen-bond acceptors (Lipinski definition) is 5. The third-order valence-corrected chi connectivity index (χ3v) is 6.10. The van der Waals surface area contributed by atoms with Crippen molar-refractivity contribution in [1.29, 1.82) is 0 Å². The number of hydrogen-bond donors (Lipinski definition) is 1. The Bertz CT molecular complexity index is 1110. The van der Waals surface area contributed by atoms with E-state index in [1.807, 2.05) is 20.8 Å². The minimum absolute atomic E-state index is 0.117. The van der Waals surface area contributed by atoms with Crippen molar-refractivity contribution in [3.8, 4) is 5.75 Å². The number of Topliss-reactive ketones (excluding diaryl/α,β-unsaturated/α-hetero) is 1. The molecule has 180 valence electrons. The average Bonchev–Trinajstić information content (AvgIpc) is 3.08. The van der Waals surface area contributed by atoms with E-state index in [-0.39, 0.29) is 23.4 Å². The van der Waals surface area contributed by atoms with Crippen LogP contribution in [0.2, 0.25) is 0 Å². The molecule has 2 aromatic carbocycles. The van der Waals surface area contributed by atoms with Crippen LogP contribution in [0, 0.1) is 12.7 Å². The smallest absolute Gasteiger partial charge is 0.295 e. The minimum Gasteiger partial charge on any atom is -0.507 e. The molecule has 0 aromatic heterocycles. The van der Waals surface area contributed by atoms with Gasteiger partial charge >= 0.3 is 0 Å². The molecule has 1 aliphatic heterocycles. The van der Waals surface area contributed by atoms with Crippen molar-refractivity contribution in [2.75, 3.05) is 32.8 Å². The third-order valence-electron chi connectivity index (χ3n) is 6.10. The van der Waals surface area contributed by atoms with Crippen LogP contribution in [0.25, 0.3) is 5.76 Å². The SMILES string of the molecule is C=CCOc1ccc(C(O)=C2C(=O)C(=O)N(CCN(CC)CC)C2c2ccccc2F)cc1C. The van der Waals surface area contributed by atoms with Crippen LogP contribution in [-0.2, 0) is 9.59 Å². The van der Waals surface area contributed by atoms with E-state index in [9.17, 15) is 19.1 Å². The highest BCUT2D eigenvalue weighted by atomic mass is 19.1. The number of carbonyl (C=O) groups is 2. The average molecular weight is 467 g/mol. The van der Waals surface area contributed by atoms with Gasteiger partial charge < -0.3 is 19.6 Å². The summed E-state index contributed by atoms with van der Waals surface area (Å²) in [6.45, 7) is 12.1. The van der Waals surface area contributed by atoms with Crippen molar-refractivity contribution in [2.24, 2.45) is 0 Å². The first-order valence-electron chi connectivity index (χ1n) is 11.4. The van der Waals surface area contributed by atoms with Gasteiger partial charge in [-0.05, 0) is 49.8 Å². The first-order valence-corrected chi connectivity index (χ1v) is 11.4. The monoisotopic (exact) mass is 466 g/mol. The lowest BCUT2D eigenvalue weighted by molar-refractivity contribution is -0.140. The number of ether oxygens (including phenoxy) is 1. The van der Waals surface area contributed by atoms with E-state index < -0.39 is 23.5 Å². The summed E-state index contributed by atoms with van der Waals surface area (Å²) in [7, 11) is 0. The lowest BCUT2D eigenvalue weighted by Crippen LogP contribution is -2.38. The number of amides is 1. The Morgan fingerprint density at radius 3 is 2.53 bits per heavy atom. The molecule has 0 spiro atoms. The minimum atomic E-state index is -1.02. The molecule has 1 fully saturated rings. The molecule has 1 unspecified atom stereocenters. The molecule has 1 atom stereocenters. The lowest BCUT2D eigenvalue weighted by Gasteiger charge is -2.28. The van der Waals surface area contributed by atoms with Crippen LogP contribution in [0.3, 0.4) is 0 Å². The quantitative estimate of drug-likeness (QED) is 0.242. The van der Waals surface area contributed by atoms with Gasteiger partial charge in [0.25, 0.3) is 11.7 Å². The fourth-order valence-corrected chi connectivity index (χ4v) is 4.18. The molecule has 34 heavy (non-hydrogen) atoms. The molecule has 7 heteroatoms. The van der Waals surface area contributed by atoms with Crippen LogP contribution in [0.1, 0.15) is 36.6 Å². The summed E-state index contributed by atoms with van der Waals surface area (Å²) in [5, 5.41) is 11.2. The van der Waals surface area contributed by atoms with Gasteiger partial charge in [-0.15, -0.1) is 0 Å². The third kappa shape index (κ3) is 5.04. The first kappa shape index (κ1) is 25.2. The Hall–Kier alpha value is -3.45. The molecule has 1 heterocycles. The van der Waals surface area contributed by atoms with E-state index in [2.05, 4.69) is 11.5 Å². The largest absolute Gasteiger partial charge is 0.507 e. The molecule has 6 nitrogen and oxygen atoms in total. The Labute approximate surface area is 199 Å². The van der Waals surface area contributed by atoms with Crippen molar-refractivity contribution in [1.82, 2.24) is 9.80 Å². The topological polar surface area (TPSA) is 70.1 Å². The summed E-state index contributed by atoms with van der Waals surface area (Å²) in [5.74, 6) is -1.84. The highest BCUT2D eigenvalue weighted by molar-refractivity contribution is 6.46. The van der Waals surface area contributed by atoms with Crippen molar-refractivity contribution in [2.45, 2.75) is 26.8 Å². The fraction of sp³-hybridized carbons (Fsp3) is 0.333. The van der Waals surface area contributed by atoms with Crippen LogP contribution < -0.4 is 4.74 Å². The molecule has 0 radical (unpaired) electrons. The maximum absolute atomic E-state index is 14.9. The fourth-order valence-electron chi connectivity index (χ4n) is 4.18. The molecule has 2 aromatic rings. The van der Waals surface area contributed by atoms with Gasteiger partial charge in [0.1, 0.15) is 23.9 Å². The number of aryl methyl sites for hydroxylation is 1. The summed E-state index contributed by atoms with van der Waals surface area (Å²) in [6, 6.07) is 9.98. The van der Waals surface area contributed by atoms with Gasteiger partial charge in [0.2, 0.25) is 0 Å². The molecule has 1 aliphatic rings. The number of halogens is 1. The van der Waals surface area contributed by atoms with Gasteiger partial charge in [0.15, 0.2) is 0 Å². The van der Waals surface area contributed by atoms with E-state index in [0.29, 0.717) is 24.5 Å². The highest BCUT2D eigenvalue weighted by Gasteiger charge is 2.46. The predicted octanol–water partition coefficient (Wildman–Crippen LogP) is 4.46. The van der Waals surface area contributed by atoms with Gasteiger partial charge in [-0.1, -0.05) is 44.7 Å². The van der Waals surface area contributed by atoms with E-state index in [0.717, 1.165) is 18.7 Å². The number of carbonyl (C=O) groups excluding carboxylic acids is 2. The normalized spacial score (nSPS) is 17.4. The zero-order chi connectivity index (χ0) is 24.8. The van der Waals surface area contributed by atoms with Crippen LogP contribution in [0.15, 0.2) is 60.7 Å². The summed E-state index contributed by atoms with van der Waals surface area (Å²) < 4.78 is 20.5. The Balaban J connectivity index is 2.09. The highest BCUT2D eigenvalue weighted by Crippen LogP contribution is 2.40. The second-order valence-corrected chi connectivity index (χ2v) is 8.12. The number of nitrogens with zero attached hydrogens (tertiary/aromatic N) is 2. The van der Waals surface area contributed by atoms with E-state index >= 15 is 0 Å². The van der Waals surface area contributed by atoms with E-state index in [1.54, 1.807) is 42.5 Å². The second kappa shape index (κ2) is 11.1. The molecule has 0 bridgehead atoms. The maximum Gasteiger partial charge on any atom is 0.295 e. The number of rotatable bonds is 10. The standard InChI is InChI=1S/C27H31FN2O4/c1-5-16-34-22-13-12-19(17-18(22)4)25(31)23-24(20-10-8-9-11-21(20)28)30(27(33)26(23)32)15-14-29(6-2)7-3/h5,8-13,17,24,31H,1,6-7,14-16H2,2-4H3. The molecule has 3 rings (SSSR count). The maximum atomic E-state index is 14.9. The Morgan fingerprint density at radius 1 is 1.21 bits per heavy atom. The summed E-state index contributed by atoms with van der Waals surface area (Å²) in [4.78, 5) is 29.6. The zero-order valence-electron chi connectivity index (χ0n) is 19.9. The van der Waals surface area contributed by atoms with E-state index in [1.165, 1.54) is 11.0 Å². The van der Waals surface area contributed by atoms with E-state index in [4.69, 9.17) is 4.74 Å². The zero-order valence-corrected chi connectivity index (χ0v) is 19.9. The number of benzene rings is 2. The van der Waals surface area contributed by atoms with Gasteiger partial charge in [-0.25, -0.2) is 4.39 Å². The molecule has 0 saturated carbocycles. The predicted molar refractivity (Wildman–Crippen MR) is 130 cm³/mol. The van der Waals surface area contributed by atoms with Gasteiger partial charge in [0.05, 0.1) is 11.6 Å².